The van der Waals surface area contributed by atoms with E-state index in [1.807, 2.05) is 0 Å². The number of hydrogen-bond acceptors (Lipinski definition) is 2. The number of nitrogens with zero attached hydrogens (tertiary/aromatic N) is 2. The quantitative estimate of drug-likeness (QED) is 0.197. The highest BCUT2D eigenvalue weighted by molar-refractivity contribution is 6.03. The molecular weight excluding hydrogens is 585 g/mol. The molecule has 48 heavy (non-hydrogen) atoms. The lowest BCUT2D eigenvalue weighted by Gasteiger charge is -2.24. The van der Waals surface area contributed by atoms with Gasteiger partial charge in [-0.25, -0.2) is 4.98 Å². The van der Waals surface area contributed by atoms with Gasteiger partial charge < -0.3 is 9.30 Å². The normalized spacial score (nSPS) is 19.1. The van der Waals surface area contributed by atoms with E-state index in [9.17, 15) is 0 Å². The highest BCUT2D eigenvalue weighted by Crippen LogP contribution is 2.50. The summed E-state index contributed by atoms with van der Waals surface area (Å²) in [5.74, 6) is 1.07. The molecule has 2 atom stereocenters. The fourth-order valence-electron chi connectivity index (χ4n) is 8.32. The van der Waals surface area contributed by atoms with Gasteiger partial charge in [-0.3, -0.25) is 0 Å². The number of allylic oxidation sites excluding steroid dienone is 7. The Labute approximate surface area is 280 Å². The van der Waals surface area contributed by atoms with Crippen molar-refractivity contribution < 1.29 is 4.74 Å². The van der Waals surface area contributed by atoms with Crippen LogP contribution in [0.5, 0.6) is 5.75 Å². The summed E-state index contributed by atoms with van der Waals surface area (Å²) in [6, 6.07) is 35.0. The second-order valence-corrected chi connectivity index (χ2v) is 13.2. The second kappa shape index (κ2) is 11.0. The first-order valence-electron chi connectivity index (χ1n) is 17.2. The van der Waals surface area contributed by atoms with Crippen LogP contribution >= 0.6 is 0 Å². The van der Waals surface area contributed by atoms with Gasteiger partial charge in [-0.1, -0.05) is 109 Å². The summed E-state index contributed by atoms with van der Waals surface area (Å²) < 4.78 is 9.31. The zero-order chi connectivity index (χ0) is 31.6. The molecule has 0 saturated carbocycles. The van der Waals surface area contributed by atoms with Crippen molar-refractivity contribution in [2.24, 2.45) is 0 Å². The molecule has 0 spiro atoms. The number of ether oxygens (including phenoxy) is 1. The van der Waals surface area contributed by atoms with Gasteiger partial charge in [-0.15, -0.1) is 0 Å². The van der Waals surface area contributed by atoms with Gasteiger partial charge in [0.25, 0.3) is 0 Å². The van der Waals surface area contributed by atoms with Crippen molar-refractivity contribution in [2.45, 2.75) is 37.7 Å². The van der Waals surface area contributed by atoms with Crippen LogP contribution in [-0.2, 0) is 6.42 Å². The monoisotopic (exact) mass is 618 g/mol. The molecule has 4 aromatic carbocycles. The summed E-state index contributed by atoms with van der Waals surface area (Å²) in [5, 5.41) is 2.52. The molecule has 3 heterocycles. The van der Waals surface area contributed by atoms with Gasteiger partial charge in [-0.2, -0.15) is 0 Å². The van der Waals surface area contributed by atoms with E-state index in [0.29, 0.717) is 0 Å². The van der Waals surface area contributed by atoms with E-state index in [1.165, 1.54) is 55.4 Å². The molecule has 1 aliphatic heterocycles. The number of rotatable bonds is 4. The average molecular weight is 619 g/mol. The molecule has 0 fully saturated rings. The summed E-state index contributed by atoms with van der Waals surface area (Å²) in [6.07, 6.45) is 22.6. The predicted octanol–water partition coefficient (Wildman–Crippen LogP) is 11.0. The molecule has 3 heteroatoms. The third kappa shape index (κ3) is 4.24. The van der Waals surface area contributed by atoms with Crippen molar-refractivity contribution in [3.63, 3.8) is 0 Å². The largest absolute Gasteiger partial charge is 0.485 e. The SMILES string of the molecule is C1=CC2Oc3cc(-n4c5c(c6c(C7=CCCC=C7)cccc64)C=CCC5)ccc3C2C(c2cc(-c3ccccc3)nc3ccccc23)=C1. The van der Waals surface area contributed by atoms with Crippen molar-refractivity contribution in [1.82, 2.24) is 9.55 Å². The molecule has 3 nitrogen and oxygen atoms in total. The van der Waals surface area contributed by atoms with E-state index in [2.05, 4.69) is 150 Å². The van der Waals surface area contributed by atoms with Crippen LogP contribution in [-0.4, -0.2) is 15.7 Å². The number of para-hydroxylation sites is 1. The molecule has 3 aliphatic carbocycles. The van der Waals surface area contributed by atoms with Crippen LogP contribution in [0.25, 0.3) is 56.0 Å². The Hall–Kier alpha value is -5.67. The van der Waals surface area contributed by atoms with Crippen LogP contribution in [0.15, 0.2) is 140 Å². The average Bonchev–Trinajstić information content (AvgIpc) is 3.70. The Morgan fingerprint density at radius 2 is 1.67 bits per heavy atom. The van der Waals surface area contributed by atoms with Crippen LogP contribution in [0.4, 0.5) is 0 Å². The van der Waals surface area contributed by atoms with Gasteiger partial charge in [0.05, 0.1) is 22.6 Å². The highest BCUT2D eigenvalue weighted by Gasteiger charge is 2.38. The lowest BCUT2D eigenvalue weighted by molar-refractivity contribution is 0.271. The Kier molecular flexibility index (Phi) is 6.26. The summed E-state index contributed by atoms with van der Waals surface area (Å²) in [4.78, 5) is 5.08. The third-order valence-corrected chi connectivity index (χ3v) is 10.5. The standard InChI is InChI=1S/C45H34N2O/c1-3-13-29(14-4-1)32-19-11-23-41-44(32)35-18-8-10-22-40(35)47(41)31-25-26-36-43(27-31)48-42-24-12-20-34(45(36)42)37-28-39(30-15-5-2-6-16-30)46-38-21-9-7-17-33(37)38/h2-3,5-9,11-21,23-28,42,45H,1,4,10,22H2. The van der Waals surface area contributed by atoms with Crippen LogP contribution in [0.3, 0.4) is 0 Å². The first-order valence-corrected chi connectivity index (χ1v) is 17.2. The lowest BCUT2D eigenvalue weighted by Crippen LogP contribution is -2.19. The highest BCUT2D eigenvalue weighted by atomic mass is 16.5. The van der Waals surface area contributed by atoms with E-state index in [-0.39, 0.29) is 12.0 Å². The molecule has 230 valence electrons. The van der Waals surface area contributed by atoms with Gasteiger partial charge in [-0.05, 0) is 78.3 Å². The maximum absolute atomic E-state index is 6.81. The minimum absolute atomic E-state index is 0.0581. The Bertz CT molecular complexity index is 2430. The van der Waals surface area contributed by atoms with E-state index >= 15 is 0 Å². The molecule has 2 unspecified atom stereocenters. The Morgan fingerprint density at radius 1 is 0.771 bits per heavy atom. The second-order valence-electron chi connectivity index (χ2n) is 13.2. The van der Waals surface area contributed by atoms with E-state index < -0.39 is 0 Å². The molecule has 4 aliphatic rings. The van der Waals surface area contributed by atoms with E-state index in [4.69, 9.17) is 9.72 Å². The molecule has 0 bridgehead atoms. The van der Waals surface area contributed by atoms with Crippen LogP contribution in [0.1, 0.15) is 53.1 Å². The van der Waals surface area contributed by atoms with Crippen LogP contribution in [0, 0.1) is 0 Å². The number of pyridine rings is 1. The zero-order valence-corrected chi connectivity index (χ0v) is 26.6. The van der Waals surface area contributed by atoms with Crippen LogP contribution < -0.4 is 4.74 Å². The smallest absolute Gasteiger partial charge is 0.128 e. The lowest BCUT2D eigenvalue weighted by atomic mass is 9.80. The van der Waals surface area contributed by atoms with Gasteiger partial charge in [0.2, 0.25) is 0 Å². The maximum atomic E-state index is 6.81. The number of benzene rings is 4. The molecule has 0 amide bonds. The first-order chi connectivity index (χ1) is 23.8. The van der Waals surface area contributed by atoms with Crippen molar-refractivity contribution in [1.29, 1.82) is 0 Å². The molecule has 0 saturated heterocycles. The summed E-state index contributed by atoms with van der Waals surface area (Å²) in [7, 11) is 0. The fourth-order valence-corrected chi connectivity index (χ4v) is 8.32. The fraction of sp³-hybridized carbons (Fsp3) is 0.133. The third-order valence-electron chi connectivity index (χ3n) is 10.5. The van der Waals surface area contributed by atoms with Crippen molar-refractivity contribution in [3.8, 4) is 22.7 Å². The molecule has 2 aromatic heterocycles. The molecule has 10 rings (SSSR count). The minimum Gasteiger partial charge on any atom is -0.485 e. The first kappa shape index (κ1) is 27.4. The summed E-state index contributed by atoms with van der Waals surface area (Å²) in [5.41, 5.74) is 14.7. The zero-order valence-electron chi connectivity index (χ0n) is 26.6. The molecule has 0 N–H and O–H groups in total. The molecule has 0 radical (unpaired) electrons. The van der Waals surface area contributed by atoms with E-state index in [1.54, 1.807) is 0 Å². The van der Waals surface area contributed by atoms with Gasteiger partial charge in [0, 0.05) is 44.9 Å². The predicted molar refractivity (Wildman–Crippen MR) is 198 cm³/mol. The topological polar surface area (TPSA) is 27.1 Å². The van der Waals surface area contributed by atoms with Crippen LogP contribution in [0.2, 0.25) is 0 Å². The molecule has 6 aromatic rings. The number of fused-ring (bicyclic) bond motifs is 7. The number of hydrogen-bond donors (Lipinski definition) is 0. The Morgan fingerprint density at radius 3 is 2.58 bits per heavy atom. The van der Waals surface area contributed by atoms with Gasteiger partial charge in [0.15, 0.2) is 0 Å². The molecular formula is C45H34N2O. The summed E-state index contributed by atoms with van der Waals surface area (Å²) >= 11 is 0. The van der Waals surface area contributed by atoms with Gasteiger partial charge >= 0.3 is 0 Å². The minimum atomic E-state index is -0.0581. The number of aromatic nitrogens is 2. The van der Waals surface area contributed by atoms with Crippen molar-refractivity contribution >= 4 is 39.0 Å². The maximum Gasteiger partial charge on any atom is 0.128 e. The van der Waals surface area contributed by atoms with Gasteiger partial charge in [0.1, 0.15) is 11.9 Å². The van der Waals surface area contributed by atoms with Crippen molar-refractivity contribution in [2.75, 3.05) is 0 Å². The van der Waals surface area contributed by atoms with Crippen molar-refractivity contribution in [3.05, 3.63) is 168 Å². The van der Waals surface area contributed by atoms with E-state index in [0.717, 1.165) is 53.9 Å². The Balaban J connectivity index is 1.11. The summed E-state index contributed by atoms with van der Waals surface area (Å²) in [6.45, 7) is 0.